The zero-order chi connectivity index (χ0) is 15.8. The number of nitrogens with one attached hydrogen (secondary N) is 1. The van der Waals surface area contributed by atoms with Crippen LogP contribution in [0.3, 0.4) is 0 Å². The molecule has 21 heavy (non-hydrogen) atoms. The predicted molar refractivity (Wildman–Crippen MR) is 69.2 cm³/mol. The van der Waals surface area contributed by atoms with E-state index in [1.807, 2.05) is 0 Å². The summed E-state index contributed by atoms with van der Waals surface area (Å²) in [7, 11) is 0. The molecule has 10 nitrogen and oxygen atoms in total. The van der Waals surface area contributed by atoms with Gasteiger partial charge in [-0.15, -0.1) is 5.10 Å². The summed E-state index contributed by atoms with van der Waals surface area (Å²) in [6, 6.07) is -0.488. The van der Waals surface area contributed by atoms with Crippen LogP contribution in [0.15, 0.2) is 0 Å². The van der Waals surface area contributed by atoms with Crippen LogP contribution in [0.4, 0.5) is 4.79 Å². The molecule has 4 N–H and O–H groups in total. The van der Waals surface area contributed by atoms with E-state index < -0.39 is 17.5 Å². The molecular weight excluding hydrogens is 280 g/mol. The van der Waals surface area contributed by atoms with E-state index in [2.05, 4.69) is 15.6 Å². The Morgan fingerprint density at radius 3 is 2.52 bits per heavy atom. The predicted octanol–water partition coefficient (Wildman–Crippen LogP) is -1.23. The lowest BCUT2D eigenvalue weighted by Gasteiger charge is -2.16. The number of amides is 3. The van der Waals surface area contributed by atoms with Crippen LogP contribution in [0, 0.1) is 0 Å². The summed E-state index contributed by atoms with van der Waals surface area (Å²) in [5, 5.41) is 18.7. The summed E-state index contributed by atoms with van der Waals surface area (Å²) in [4.78, 5) is 35.7. The maximum atomic E-state index is 12.0. The monoisotopic (exact) mass is 296 g/mol. The summed E-state index contributed by atoms with van der Waals surface area (Å²) in [6.45, 7) is 3.35. The number of hydrogen-bond acceptors (Lipinski definition) is 6. The fraction of sp³-hybridized carbons (Fsp3) is 0.545. The molecule has 1 aliphatic heterocycles. The Balaban J connectivity index is 2.12. The molecule has 0 atom stereocenters. The molecule has 1 fully saturated rings. The first-order chi connectivity index (χ1) is 9.77. The minimum Gasteiger partial charge on any atom is -0.476 e. The number of carboxylic acid groups (broad SMARTS) is 1. The Morgan fingerprint density at radius 2 is 2.05 bits per heavy atom. The maximum Gasteiger partial charge on any atom is 0.358 e. The minimum absolute atomic E-state index is 0.0553. The molecule has 114 valence electrons. The van der Waals surface area contributed by atoms with Crippen molar-refractivity contribution in [3.05, 3.63) is 11.4 Å². The summed E-state index contributed by atoms with van der Waals surface area (Å²) < 4.78 is 1.29. The van der Waals surface area contributed by atoms with Gasteiger partial charge in [-0.1, -0.05) is 5.21 Å². The summed E-state index contributed by atoms with van der Waals surface area (Å²) in [5.74, 6) is -1.57. The second kappa shape index (κ2) is 5.13. The molecule has 3 amide bonds. The summed E-state index contributed by atoms with van der Waals surface area (Å²) >= 11 is 0. The number of nitrogens with two attached hydrogens (primary N) is 1. The van der Waals surface area contributed by atoms with Gasteiger partial charge in [0.2, 0.25) is 0 Å². The normalized spacial score (nSPS) is 17.2. The van der Waals surface area contributed by atoms with E-state index in [1.54, 1.807) is 13.8 Å². The van der Waals surface area contributed by atoms with E-state index in [0.717, 1.165) is 4.90 Å². The van der Waals surface area contributed by atoms with Crippen molar-refractivity contribution in [1.29, 1.82) is 0 Å². The van der Waals surface area contributed by atoms with Crippen LogP contribution < -0.4 is 11.1 Å². The highest BCUT2D eigenvalue weighted by molar-refractivity contribution is 6.06. The van der Waals surface area contributed by atoms with Gasteiger partial charge in [0.15, 0.2) is 5.69 Å². The standard InChI is InChI=1S/C11H16N6O4/c1-11(2)9(20)16(10(21)13-11)3-4-17-6(5-12)7(8(18)19)14-15-17/h3-5,12H2,1-2H3,(H,13,21)(H,18,19). The topological polar surface area (TPSA) is 143 Å². The highest BCUT2D eigenvalue weighted by atomic mass is 16.4. The Labute approximate surface area is 119 Å². The van der Waals surface area contributed by atoms with Crippen LogP contribution in [0.2, 0.25) is 0 Å². The van der Waals surface area contributed by atoms with Crippen LogP contribution in [-0.4, -0.2) is 55.0 Å². The molecule has 1 saturated heterocycles. The molecule has 0 saturated carbocycles. The van der Waals surface area contributed by atoms with Crippen molar-refractivity contribution < 1.29 is 19.5 Å². The molecule has 2 heterocycles. The van der Waals surface area contributed by atoms with Gasteiger partial charge in [0.25, 0.3) is 5.91 Å². The van der Waals surface area contributed by atoms with Crippen molar-refractivity contribution in [1.82, 2.24) is 25.2 Å². The van der Waals surface area contributed by atoms with E-state index in [9.17, 15) is 14.4 Å². The third-order valence-corrected chi connectivity index (χ3v) is 3.21. The van der Waals surface area contributed by atoms with Crippen molar-refractivity contribution >= 4 is 17.9 Å². The maximum absolute atomic E-state index is 12.0. The quantitative estimate of drug-likeness (QED) is 0.577. The van der Waals surface area contributed by atoms with Crippen LogP contribution in [-0.2, 0) is 17.9 Å². The van der Waals surface area contributed by atoms with E-state index >= 15 is 0 Å². The van der Waals surface area contributed by atoms with Gasteiger partial charge in [-0.3, -0.25) is 9.69 Å². The fourth-order valence-electron chi connectivity index (χ4n) is 2.10. The average molecular weight is 296 g/mol. The molecule has 0 aromatic carbocycles. The third-order valence-electron chi connectivity index (χ3n) is 3.21. The van der Waals surface area contributed by atoms with E-state index in [4.69, 9.17) is 10.8 Å². The molecule has 0 radical (unpaired) electrons. The highest BCUT2D eigenvalue weighted by Gasteiger charge is 2.43. The summed E-state index contributed by atoms with van der Waals surface area (Å²) in [5.41, 5.74) is 4.57. The van der Waals surface area contributed by atoms with Gasteiger partial charge in [-0.05, 0) is 13.8 Å². The van der Waals surface area contributed by atoms with E-state index in [-0.39, 0.29) is 36.9 Å². The van der Waals surface area contributed by atoms with Crippen LogP contribution in [0.5, 0.6) is 0 Å². The van der Waals surface area contributed by atoms with Crippen LogP contribution >= 0.6 is 0 Å². The average Bonchev–Trinajstić information content (AvgIpc) is 2.88. The second-order valence-corrected chi connectivity index (χ2v) is 5.13. The van der Waals surface area contributed by atoms with E-state index in [0.29, 0.717) is 0 Å². The molecule has 2 rings (SSSR count). The van der Waals surface area contributed by atoms with Gasteiger partial charge in [0.05, 0.1) is 18.8 Å². The number of hydrogen-bond donors (Lipinski definition) is 3. The number of urea groups is 1. The van der Waals surface area contributed by atoms with Crippen LogP contribution in [0.25, 0.3) is 0 Å². The van der Waals surface area contributed by atoms with Gasteiger partial charge >= 0.3 is 12.0 Å². The van der Waals surface area contributed by atoms with Crippen LogP contribution in [0.1, 0.15) is 30.0 Å². The number of aromatic nitrogens is 3. The number of carboxylic acids is 1. The molecule has 0 bridgehead atoms. The number of carbonyl (C=O) groups excluding carboxylic acids is 2. The molecule has 1 aromatic heterocycles. The van der Waals surface area contributed by atoms with Crippen molar-refractivity contribution in [2.45, 2.75) is 32.5 Å². The van der Waals surface area contributed by atoms with Crippen molar-refractivity contribution in [2.24, 2.45) is 5.73 Å². The first kappa shape index (κ1) is 14.9. The van der Waals surface area contributed by atoms with Crippen molar-refractivity contribution in [3.8, 4) is 0 Å². The van der Waals surface area contributed by atoms with Crippen molar-refractivity contribution in [3.63, 3.8) is 0 Å². The molecule has 0 aliphatic carbocycles. The Hall–Kier alpha value is -2.49. The molecule has 1 aliphatic rings. The molecule has 1 aromatic rings. The molecule has 0 unspecified atom stereocenters. The Bertz CT molecular complexity index is 608. The van der Waals surface area contributed by atoms with Gasteiger partial charge in [-0.25, -0.2) is 14.3 Å². The van der Waals surface area contributed by atoms with Crippen molar-refractivity contribution in [2.75, 3.05) is 6.54 Å². The smallest absolute Gasteiger partial charge is 0.358 e. The molecule has 0 spiro atoms. The van der Waals surface area contributed by atoms with Gasteiger partial charge < -0.3 is 16.2 Å². The third kappa shape index (κ3) is 2.57. The first-order valence-electron chi connectivity index (χ1n) is 6.27. The fourth-order valence-corrected chi connectivity index (χ4v) is 2.10. The number of carbonyl (C=O) groups is 3. The largest absolute Gasteiger partial charge is 0.476 e. The van der Waals surface area contributed by atoms with Gasteiger partial charge in [0, 0.05) is 6.54 Å². The first-order valence-corrected chi connectivity index (χ1v) is 6.27. The summed E-state index contributed by atoms with van der Waals surface area (Å²) in [6.07, 6.45) is 0. The molecular formula is C11H16N6O4. The zero-order valence-electron chi connectivity index (χ0n) is 11.7. The Morgan fingerprint density at radius 1 is 1.38 bits per heavy atom. The molecule has 10 heteroatoms. The Kier molecular flexibility index (Phi) is 3.64. The number of imide groups is 1. The lowest BCUT2D eigenvalue weighted by Crippen LogP contribution is -2.40. The van der Waals surface area contributed by atoms with Gasteiger partial charge in [0.1, 0.15) is 5.54 Å². The minimum atomic E-state index is -1.22. The highest BCUT2D eigenvalue weighted by Crippen LogP contribution is 2.16. The number of aromatic carboxylic acids is 1. The van der Waals surface area contributed by atoms with Gasteiger partial charge in [-0.2, -0.15) is 0 Å². The number of rotatable bonds is 5. The number of nitrogens with zero attached hydrogens (tertiary/aromatic N) is 4. The SMILES string of the molecule is CC1(C)NC(=O)N(CCn2nnc(C(=O)O)c2CN)C1=O. The lowest BCUT2D eigenvalue weighted by molar-refractivity contribution is -0.130. The lowest BCUT2D eigenvalue weighted by atomic mass is 10.1. The van der Waals surface area contributed by atoms with E-state index in [1.165, 1.54) is 4.68 Å². The second-order valence-electron chi connectivity index (χ2n) is 5.13. The zero-order valence-corrected chi connectivity index (χ0v) is 11.7.